The van der Waals surface area contributed by atoms with Gasteiger partial charge in [0.15, 0.2) is 12.5 Å². The van der Waals surface area contributed by atoms with E-state index in [0.29, 0.717) is 18.0 Å². The summed E-state index contributed by atoms with van der Waals surface area (Å²) in [5.41, 5.74) is 3.27. The zero-order chi connectivity index (χ0) is 17.8. The molecule has 0 aliphatic carbocycles. The topological polar surface area (TPSA) is 38.0 Å². The number of aryl methyl sites for hydroxylation is 1. The second kappa shape index (κ2) is 7.72. The second-order valence-electron chi connectivity index (χ2n) is 6.26. The largest absolute Gasteiger partial charge is 0.315 e. The zero-order valence-corrected chi connectivity index (χ0v) is 15.2. The third kappa shape index (κ3) is 4.41. The predicted octanol–water partition coefficient (Wildman–Crippen LogP) is 2.98. The van der Waals surface area contributed by atoms with E-state index in [-0.39, 0.29) is 5.82 Å². The van der Waals surface area contributed by atoms with Crippen LogP contribution in [0.2, 0.25) is 0 Å². The summed E-state index contributed by atoms with van der Waals surface area (Å²) >= 11 is 5.37. The average Bonchev–Trinajstić information content (AvgIpc) is 2.95. The van der Waals surface area contributed by atoms with Gasteiger partial charge in [0.25, 0.3) is 0 Å². The summed E-state index contributed by atoms with van der Waals surface area (Å²) in [6.07, 6.45) is 1.01. The van der Waals surface area contributed by atoms with Crippen LogP contribution in [-0.4, -0.2) is 21.8 Å². The Hall–Kier alpha value is -2.31. The van der Waals surface area contributed by atoms with Gasteiger partial charge in [0.1, 0.15) is 12.4 Å². The highest BCUT2D eigenvalue weighted by Crippen LogP contribution is 2.15. The van der Waals surface area contributed by atoms with E-state index in [1.54, 1.807) is 12.1 Å². The minimum atomic E-state index is -0.207. The van der Waals surface area contributed by atoms with Gasteiger partial charge in [0.05, 0.1) is 7.05 Å². The Bertz CT molecular complexity index is 898. The highest BCUT2D eigenvalue weighted by molar-refractivity contribution is 7.71. The summed E-state index contributed by atoms with van der Waals surface area (Å²) in [6, 6.07) is 15.0. The molecular weight excluding hydrogens is 335 g/mol. The minimum absolute atomic E-state index is 0.207. The number of aromatic nitrogens is 3. The first-order chi connectivity index (χ1) is 12.0. The molecule has 25 heavy (non-hydrogen) atoms. The van der Waals surface area contributed by atoms with E-state index in [0.717, 1.165) is 23.4 Å². The molecule has 0 spiro atoms. The number of nitrogens with one attached hydrogen (secondary N) is 2. The standard InChI is InChI=1S/C19H21FN4S/c1-3-14-7-9-16(10-8-14)18-21-19(25)24(22-18)13-23(2)12-15-5-4-6-17(20)11-15/h4-11H,3,12-13H2,1-2H3,(H,21,22,25)/p+1. The molecule has 3 aromatic rings. The molecule has 1 unspecified atom stereocenters. The van der Waals surface area contributed by atoms with E-state index in [1.807, 2.05) is 17.8 Å². The fourth-order valence-electron chi connectivity index (χ4n) is 2.81. The third-order valence-electron chi connectivity index (χ3n) is 4.14. The maximum atomic E-state index is 13.3. The molecule has 0 saturated carbocycles. The molecule has 1 atom stereocenters. The van der Waals surface area contributed by atoms with Gasteiger partial charge in [-0.1, -0.05) is 43.3 Å². The maximum absolute atomic E-state index is 13.3. The number of hydrogen-bond acceptors (Lipinski definition) is 2. The van der Waals surface area contributed by atoms with E-state index in [2.05, 4.69) is 41.3 Å². The van der Waals surface area contributed by atoms with E-state index < -0.39 is 0 Å². The molecule has 0 amide bonds. The van der Waals surface area contributed by atoms with Crippen LogP contribution < -0.4 is 4.90 Å². The lowest BCUT2D eigenvalue weighted by Crippen LogP contribution is -3.07. The number of rotatable bonds is 6. The van der Waals surface area contributed by atoms with Crippen molar-refractivity contribution in [3.63, 3.8) is 0 Å². The quantitative estimate of drug-likeness (QED) is 0.666. The SMILES string of the molecule is CCc1ccc(-c2nc(=S)n(C[NH+](C)Cc3cccc(F)c3)[nH]2)cc1. The van der Waals surface area contributed by atoms with Gasteiger partial charge in [0, 0.05) is 11.1 Å². The lowest BCUT2D eigenvalue weighted by Gasteiger charge is -2.14. The van der Waals surface area contributed by atoms with Gasteiger partial charge in [-0.15, -0.1) is 0 Å². The molecule has 0 fully saturated rings. The summed E-state index contributed by atoms with van der Waals surface area (Å²) in [7, 11) is 2.04. The Balaban J connectivity index is 1.72. The van der Waals surface area contributed by atoms with Gasteiger partial charge in [-0.25, -0.2) is 9.07 Å². The summed E-state index contributed by atoms with van der Waals surface area (Å²) in [5, 5.41) is 3.27. The zero-order valence-electron chi connectivity index (χ0n) is 14.4. The normalized spacial score (nSPS) is 12.3. The molecule has 1 heterocycles. The Morgan fingerprint density at radius 3 is 2.60 bits per heavy atom. The minimum Gasteiger partial charge on any atom is -0.315 e. The monoisotopic (exact) mass is 357 g/mol. The van der Waals surface area contributed by atoms with Crippen molar-refractivity contribution in [3.05, 3.63) is 70.2 Å². The van der Waals surface area contributed by atoms with Crippen LogP contribution in [0.4, 0.5) is 4.39 Å². The molecule has 0 radical (unpaired) electrons. The summed E-state index contributed by atoms with van der Waals surface area (Å²) in [6.45, 7) is 3.48. The highest BCUT2D eigenvalue weighted by Gasteiger charge is 2.10. The molecule has 2 aromatic carbocycles. The molecule has 0 saturated heterocycles. The highest BCUT2D eigenvalue weighted by atomic mass is 32.1. The molecule has 4 nitrogen and oxygen atoms in total. The molecule has 3 rings (SSSR count). The first kappa shape index (κ1) is 17.5. The van der Waals surface area contributed by atoms with Gasteiger partial charge in [-0.2, -0.15) is 4.98 Å². The van der Waals surface area contributed by atoms with Gasteiger partial charge < -0.3 is 4.90 Å². The number of aromatic amines is 1. The van der Waals surface area contributed by atoms with Crippen LogP contribution in [0.5, 0.6) is 0 Å². The van der Waals surface area contributed by atoms with Gasteiger partial charge in [-0.05, 0) is 36.3 Å². The molecule has 0 aliphatic rings. The number of nitrogens with zero attached hydrogens (tertiary/aromatic N) is 2. The number of H-pyrrole nitrogens is 1. The maximum Gasteiger partial charge on any atom is 0.221 e. The fraction of sp³-hybridized carbons (Fsp3) is 0.263. The van der Waals surface area contributed by atoms with Crippen LogP contribution in [0.25, 0.3) is 11.4 Å². The van der Waals surface area contributed by atoms with Crippen LogP contribution in [0.15, 0.2) is 48.5 Å². The summed E-state index contributed by atoms with van der Waals surface area (Å²) in [5.74, 6) is 0.562. The van der Waals surface area contributed by atoms with E-state index in [9.17, 15) is 4.39 Å². The average molecular weight is 357 g/mol. The molecule has 6 heteroatoms. The van der Waals surface area contributed by atoms with Crippen molar-refractivity contribution in [2.45, 2.75) is 26.6 Å². The van der Waals surface area contributed by atoms with Crippen molar-refractivity contribution >= 4 is 12.2 Å². The third-order valence-corrected chi connectivity index (χ3v) is 4.45. The van der Waals surface area contributed by atoms with E-state index >= 15 is 0 Å². The van der Waals surface area contributed by atoms with E-state index in [4.69, 9.17) is 12.2 Å². The lowest BCUT2D eigenvalue weighted by atomic mass is 10.1. The van der Waals surface area contributed by atoms with Crippen molar-refractivity contribution < 1.29 is 9.29 Å². The first-order valence-electron chi connectivity index (χ1n) is 8.37. The lowest BCUT2D eigenvalue weighted by molar-refractivity contribution is -0.917. The number of hydrogen-bond donors (Lipinski definition) is 2. The molecule has 0 aliphatic heterocycles. The first-order valence-corrected chi connectivity index (χ1v) is 8.78. The Labute approximate surface area is 151 Å². The van der Waals surface area contributed by atoms with Crippen LogP contribution in [0.1, 0.15) is 18.1 Å². The number of quaternary nitrogens is 1. The molecule has 0 bridgehead atoms. The molecule has 130 valence electrons. The Morgan fingerprint density at radius 1 is 1.16 bits per heavy atom. The number of halogens is 1. The summed E-state index contributed by atoms with van der Waals surface area (Å²) in [4.78, 5) is 5.64. The van der Waals surface area contributed by atoms with E-state index in [1.165, 1.54) is 16.5 Å². The van der Waals surface area contributed by atoms with Crippen molar-refractivity contribution in [2.75, 3.05) is 7.05 Å². The van der Waals surface area contributed by atoms with Crippen LogP contribution in [0, 0.1) is 10.6 Å². The van der Waals surface area contributed by atoms with Gasteiger partial charge in [0.2, 0.25) is 4.77 Å². The Kier molecular flexibility index (Phi) is 5.40. The Morgan fingerprint density at radius 2 is 1.92 bits per heavy atom. The van der Waals surface area contributed by atoms with Crippen LogP contribution >= 0.6 is 12.2 Å². The second-order valence-corrected chi connectivity index (χ2v) is 6.62. The van der Waals surface area contributed by atoms with Crippen LogP contribution in [-0.2, 0) is 19.6 Å². The van der Waals surface area contributed by atoms with Gasteiger partial charge >= 0.3 is 0 Å². The smallest absolute Gasteiger partial charge is 0.221 e. The van der Waals surface area contributed by atoms with Gasteiger partial charge in [-0.3, -0.25) is 5.10 Å². The van der Waals surface area contributed by atoms with Crippen molar-refractivity contribution in [3.8, 4) is 11.4 Å². The van der Waals surface area contributed by atoms with Crippen molar-refractivity contribution in [2.24, 2.45) is 0 Å². The molecule has 1 aromatic heterocycles. The van der Waals surface area contributed by atoms with Crippen molar-refractivity contribution in [1.82, 2.24) is 14.8 Å². The summed E-state index contributed by atoms with van der Waals surface area (Å²) < 4.78 is 15.7. The van der Waals surface area contributed by atoms with Crippen molar-refractivity contribution in [1.29, 1.82) is 0 Å². The fourth-order valence-corrected chi connectivity index (χ4v) is 3.01. The number of benzene rings is 2. The molecule has 2 N–H and O–H groups in total. The molecular formula is C19H22FN4S+. The predicted molar refractivity (Wildman–Crippen MR) is 99.2 cm³/mol. The van der Waals surface area contributed by atoms with Crippen LogP contribution in [0.3, 0.4) is 0 Å².